The number of nitrogens with zero attached hydrogens (tertiary/aromatic N) is 3. The molecular weight excluding hydrogens is 495 g/mol. The molecule has 8 heteroatoms. The summed E-state index contributed by atoms with van der Waals surface area (Å²) in [4.78, 5) is 33.3. The van der Waals surface area contributed by atoms with Gasteiger partial charge in [-0.05, 0) is 86.4 Å². The fraction of sp³-hybridized carbons (Fsp3) is 0.323. The van der Waals surface area contributed by atoms with Gasteiger partial charge in [0, 0.05) is 44.0 Å². The number of hydrogen-bond donors (Lipinski definition) is 1. The number of aromatic nitrogens is 1. The van der Waals surface area contributed by atoms with Gasteiger partial charge in [0.15, 0.2) is 0 Å². The van der Waals surface area contributed by atoms with Crippen LogP contribution in [0, 0.1) is 26.6 Å². The van der Waals surface area contributed by atoms with E-state index in [4.69, 9.17) is 4.74 Å². The number of piperazine rings is 1. The summed E-state index contributed by atoms with van der Waals surface area (Å²) in [5, 5.41) is 2.85. The molecule has 1 aliphatic rings. The molecule has 0 aliphatic carbocycles. The molecule has 204 valence electrons. The minimum Gasteiger partial charge on any atom is -0.484 e. The van der Waals surface area contributed by atoms with Gasteiger partial charge in [-0.2, -0.15) is 0 Å². The summed E-state index contributed by atoms with van der Waals surface area (Å²) >= 11 is 0. The summed E-state index contributed by atoms with van der Waals surface area (Å²) in [6.07, 6.45) is 2.61. The van der Waals surface area contributed by atoms with Gasteiger partial charge in [-0.3, -0.25) is 14.5 Å². The first-order valence-corrected chi connectivity index (χ1v) is 13.1. The molecule has 39 heavy (non-hydrogen) atoms. The van der Waals surface area contributed by atoms with Crippen molar-refractivity contribution in [1.29, 1.82) is 0 Å². The van der Waals surface area contributed by atoms with Gasteiger partial charge < -0.3 is 15.0 Å². The van der Waals surface area contributed by atoms with Crippen molar-refractivity contribution in [2.45, 2.75) is 39.8 Å². The van der Waals surface area contributed by atoms with Gasteiger partial charge in [0.1, 0.15) is 23.5 Å². The van der Waals surface area contributed by atoms with Gasteiger partial charge in [0.05, 0.1) is 0 Å². The highest BCUT2D eigenvalue weighted by molar-refractivity contribution is 6.04. The van der Waals surface area contributed by atoms with Crippen LogP contribution in [0.15, 0.2) is 67.4 Å². The van der Waals surface area contributed by atoms with Crippen LogP contribution in [0.25, 0.3) is 0 Å². The zero-order valence-corrected chi connectivity index (χ0v) is 22.9. The smallest absolute Gasteiger partial charge is 0.256 e. The van der Waals surface area contributed by atoms with Crippen molar-refractivity contribution < 1.29 is 18.7 Å². The molecule has 2 heterocycles. The maximum Gasteiger partial charge on any atom is 0.256 e. The van der Waals surface area contributed by atoms with Gasteiger partial charge in [0.2, 0.25) is 5.91 Å². The minimum atomic E-state index is -0.451. The van der Waals surface area contributed by atoms with E-state index in [1.165, 1.54) is 12.1 Å². The van der Waals surface area contributed by atoms with E-state index in [0.29, 0.717) is 48.9 Å². The molecule has 1 N–H and O–H groups in total. The number of carbonyl (C=O) groups is 2. The summed E-state index contributed by atoms with van der Waals surface area (Å²) in [6, 6.07) is 14.0. The van der Waals surface area contributed by atoms with E-state index >= 15 is 0 Å². The number of amides is 2. The molecule has 0 saturated carbocycles. The molecule has 3 aromatic rings. The molecule has 1 saturated heterocycles. The van der Waals surface area contributed by atoms with Crippen LogP contribution in [0.1, 0.15) is 45.6 Å². The predicted octanol–water partition coefficient (Wildman–Crippen LogP) is 5.24. The number of ether oxygens (including phenoxy) is 1. The Kier molecular flexibility index (Phi) is 8.76. The zero-order valence-electron chi connectivity index (χ0n) is 22.9. The Morgan fingerprint density at radius 1 is 1.13 bits per heavy atom. The van der Waals surface area contributed by atoms with E-state index in [-0.39, 0.29) is 23.7 Å². The number of benzene rings is 2. The summed E-state index contributed by atoms with van der Waals surface area (Å²) in [6.45, 7) is 13.6. The van der Waals surface area contributed by atoms with Crippen LogP contribution in [0.5, 0.6) is 5.75 Å². The lowest BCUT2D eigenvalue weighted by atomic mass is 10.0. The molecule has 0 spiro atoms. The SMILES string of the molecule is C=CC(=O)N1CCN(C[C@H](Oc2ccc(C(=O)Nc3ncc(C)cc3C)cc2)c2ccc(C)c(F)c2)C[C@H]1C. The van der Waals surface area contributed by atoms with Gasteiger partial charge in [-0.15, -0.1) is 0 Å². The quantitative estimate of drug-likeness (QED) is 0.404. The summed E-state index contributed by atoms with van der Waals surface area (Å²) < 4.78 is 20.9. The molecule has 0 radical (unpaired) electrons. The highest BCUT2D eigenvalue weighted by Gasteiger charge is 2.28. The first kappa shape index (κ1) is 28.0. The second-order valence-electron chi connectivity index (χ2n) is 10.1. The monoisotopic (exact) mass is 530 g/mol. The van der Waals surface area contributed by atoms with Crippen molar-refractivity contribution in [1.82, 2.24) is 14.8 Å². The molecule has 2 amide bonds. The van der Waals surface area contributed by atoms with Crippen LogP contribution in [-0.4, -0.2) is 58.8 Å². The standard InChI is InChI=1S/C31H35FN4O3/c1-6-29(37)36-14-13-35(18-23(36)5)19-28(25-8-7-21(3)27(32)16-25)39-26-11-9-24(10-12-26)31(38)34-30-22(4)15-20(2)17-33-30/h6-12,15-17,23,28H,1,13-14,18-19H2,2-5H3,(H,33,34,38)/t23-,28+/m1/s1. The third-order valence-corrected chi connectivity index (χ3v) is 7.00. The molecule has 7 nitrogen and oxygen atoms in total. The number of pyridine rings is 1. The van der Waals surface area contributed by atoms with Gasteiger partial charge in [-0.1, -0.05) is 24.8 Å². The second-order valence-corrected chi connectivity index (χ2v) is 10.1. The Morgan fingerprint density at radius 2 is 1.87 bits per heavy atom. The minimum absolute atomic E-state index is 0.0177. The highest BCUT2D eigenvalue weighted by atomic mass is 19.1. The molecule has 2 atom stereocenters. The first-order valence-electron chi connectivity index (χ1n) is 13.1. The van der Waals surface area contributed by atoms with Crippen LogP contribution < -0.4 is 10.1 Å². The third-order valence-electron chi connectivity index (χ3n) is 7.00. The molecule has 1 aromatic heterocycles. The molecular formula is C31H35FN4O3. The number of aryl methyl sites for hydroxylation is 3. The average Bonchev–Trinajstić information content (AvgIpc) is 2.91. The fourth-order valence-corrected chi connectivity index (χ4v) is 4.77. The van der Waals surface area contributed by atoms with Gasteiger partial charge >= 0.3 is 0 Å². The lowest BCUT2D eigenvalue weighted by Gasteiger charge is -2.40. The Hall–Kier alpha value is -4.04. The number of nitrogens with one attached hydrogen (secondary N) is 1. The van der Waals surface area contributed by atoms with Crippen LogP contribution in [-0.2, 0) is 4.79 Å². The molecule has 4 rings (SSSR count). The molecule has 2 aromatic carbocycles. The maximum absolute atomic E-state index is 14.5. The molecule has 0 unspecified atom stereocenters. The number of rotatable bonds is 8. The normalized spacial score (nSPS) is 16.4. The van der Waals surface area contributed by atoms with Crippen LogP contribution >= 0.6 is 0 Å². The van der Waals surface area contributed by atoms with E-state index in [1.54, 1.807) is 43.5 Å². The van der Waals surface area contributed by atoms with Crippen molar-refractivity contribution >= 4 is 17.6 Å². The summed E-state index contributed by atoms with van der Waals surface area (Å²) in [5.74, 6) is 0.460. The van der Waals surface area contributed by atoms with E-state index in [0.717, 1.165) is 16.7 Å². The largest absolute Gasteiger partial charge is 0.484 e. The average molecular weight is 531 g/mol. The summed E-state index contributed by atoms with van der Waals surface area (Å²) in [7, 11) is 0. The van der Waals surface area contributed by atoms with Crippen LogP contribution in [0.3, 0.4) is 0 Å². The summed E-state index contributed by atoms with van der Waals surface area (Å²) in [5.41, 5.74) is 3.67. The van der Waals surface area contributed by atoms with Crippen LogP contribution in [0.4, 0.5) is 10.2 Å². The van der Waals surface area contributed by atoms with Gasteiger partial charge in [-0.25, -0.2) is 9.37 Å². The second kappa shape index (κ2) is 12.2. The topological polar surface area (TPSA) is 74.8 Å². The maximum atomic E-state index is 14.5. The van der Waals surface area contributed by atoms with E-state index in [9.17, 15) is 14.0 Å². The Balaban J connectivity index is 1.48. The van der Waals surface area contributed by atoms with Crippen molar-refractivity contribution in [2.75, 3.05) is 31.5 Å². The molecule has 1 aliphatic heterocycles. The predicted molar refractivity (Wildman–Crippen MR) is 150 cm³/mol. The lowest BCUT2D eigenvalue weighted by molar-refractivity contribution is -0.130. The first-order chi connectivity index (χ1) is 18.6. The number of halogens is 1. The van der Waals surface area contributed by atoms with Crippen LogP contribution in [0.2, 0.25) is 0 Å². The number of hydrogen-bond acceptors (Lipinski definition) is 5. The van der Waals surface area contributed by atoms with E-state index < -0.39 is 6.10 Å². The number of carbonyl (C=O) groups excluding carboxylic acids is 2. The lowest BCUT2D eigenvalue weighted by Crippen LogP contribution is -2.54. The fourth-order valence-electron chi connectivity index (χ4n) is 4.77. The zero-order chi connectivity index (χ0) is 28.1. The number of anilines is 1. The van der Waals surface area contributed by atoms with E-state index in [1.807, 2.05) is 37.8 Å². The highest BCUT2D eigenvalue weighted by Crippen LogP contribution is 2.26. The molecule has 0 bridgehead atoms. The Labute approximate surface area is 229 Å². The van der Waals surface area contributed by atoms with E-state index in [2.05, 4.69) is 21.8 Å². The Morgan fingerprint density at radius 3 is 2.51 bits per heavy atom. The van der Waals surface area contributed by atoms with Crippen molar-refractivity contribution in [3.05, 3.63) is 101 Å². The van der Waals surface area contributed by atoms with Crippen molar-refractivity contribution in [3.8, 4) is 5.75 Å². The third kappa shape index (κ3) is 6.89. The Bertz CT molecular complexity index is 1360. The van der Waals surface area contributed by atoms with Gasteiger partial charge in [0.25, 0.3) is 5.91 Å². The molecule has 1 fully saturated rings. The van der Waals surface area contributed by atoms with Crippen molar-refractivity contribution in [3.63, 3.8) is 0 Å². The van der Waals surface area contributed by atoms with Crippen molar-refractivity contribution in [2.24, 2.45) is 0 Å².